The Labute approximate surface area is 137 Å². The van der Waals surface area contributed by atoms with Crippen molar-refractivity contribution in [3.8, 4) is 11.5 Å². The molecule has 0 fully saturated rings. The molecule has 2 rings (SSSR count). The van der Waals surface area contributed by atoms with Crippen LogP contribution in [0, 0.1) is 0 Å². The highest BCUT2D eigenvalue weighted by Crippen LogP contribution is 2.32. The van der Waals surface area contributed by atoms with Gasteiger partial charge in [-0.2, -0.15) is 13.2 Å². The molecule has 0 heterocycles. The van der Waals surface area contributed by atoms with Gasteiger partial charge >= 0.3 is 6.18 Å². The maximum absolute atomic E-state index is 12.9. The number of benzene rings is 2. The highest BCUT2D eigenvalue weighted by Gasteiger charge is 2.34. The summed E-state index contributed by atoms with van der Waals surface area (Å²) in [5, 5.41) is 0. The Morgan fingerprint density at radius 3 is 2.29 bits per heavy atom. The average Bonchev–Trinajstić information content (AvgIpc) is 2.58. The summed E-state index contributed by atoms with van der Waals surface area (Å²) in [6.45, 7) is 0. The molecule has 0 aliphatic carbocycles. The molecule has 6 heteroatoms. The Balaban J connectivity index is 2.29. The number of ether oxygens (including phenoxy) is 2. The molecule has 0 aliphatic heterocycles. The lowest BCUT2D eigenvalue weighted by atomic mass is 10.0. The third-order valence-corrected chi connectivity index (χ3v) is 3.33. The number of carbonyl (C=O) groups is 1. The van der Waals surface area contributed by atoms with Gasteiger partial charge in [0.15, 0.2) is 17.3 Å². The fourth-order valence-electron chi connectivity index (χ4n) is 2.16. The molecule has 0 unspecified atom stereocenters. The zero-order valence-electron chi connectivity index (χ0n) is 13.1. The zero-order chi connectivity index (χ0) is 17.7. The fourth-order valence-corrected chi connectivity index (χ4v) is 2.16. The average molecular weight is 336 g/mol. The van der Waals surface area contributed by atoms with Crippen molar-refractivity contribution < 1.29 is 27.4 Å². The van der Waals surface area contributed by atoms with Crippen molar-refractivity contribution in [2.24, 2.45) is 0 Å². The van der Waals surface area contributed by atoms with E-state index in [9.17, 15) is 18.0 Å². The van der Waals surface area contributed by atoms with Crippen LogP contribution in [0.25, 0.3) is 6.08 Å². The Morgan fingerprint density at radius 2 is 1.67 bits per heavy atom. The minimum absolute atomic E-state index is 0.387. The van der Waals surface area contributed by atoms with Crippen molar-refractivity contribution in [2.45, 2.75) is 6.18 Å². The van der Waals surface area contributed by atoms with Crippen molar-refractivity contribution in [1.82, 2.24) is 0 Å². The fraction of sp³-hybridized carbons (Fsp3) is 0.167. The lowest BCUT2D eigenvalue weighted by Crippen LogP contribution is -2.11. The predicted molar refractivity (Wildman–Crippen MR) is 84.4 cm³/mol. The molecule has 2 aromatic rings. The summed E-state index contributed by atoms with van der Waals surface area (Å²) in [4.78, 5) is 12.1. The number of rotatable bonds is 5. The van der Waals surface area contributed by atoms with E-state index in [0.29, 0.717) is 17.1 Å². The van der Waals surface area contributed by atoms with Crippen molar-refractivity contribution in [2.75, 3.05) is 14.2 Å². The Bertz CT molecular complexity index is 764. The number of methoxy groups -OCH3 is 2. The second-order valence-corrected chi connectivity index (χ2v) is 4.86. The molecule has 0 saturated heterocycles. The second kappa shape index (κ2) is 7.21. The summed E-state index contributed by atoms with van der Waals surface area (Å²) in [7, 11) is 2.96. The van der Waals surface area contributed by atoms with Crippen LogP contribution in [0.2, 0.25) is 0 Å². The second-order valence-electron chi connectivity index (χ2n) is 4.86. The van der Waals surface area contributed by atoms with E-state index in [1.807, 2.05) is 0 Å². The zero-order valence-corrected chi connectivity index (χ0v) is 13.1. The third-order valence-electron chi connectivity index (χ3n) is 3.33. The first kappa shape index (κ1) is 17.6. The highest BCUT2D eigenvalue weighted by molar-refractivity contribution is 6.07. The molecule has 0 saturated carbocycles. The van der Waals surface area contributed by atoms with Gasteiger partial charge < -0.3 is 9.47 Å². The van der Waals surface area contributed by atoms with Gasteiger partial charge in [0.1, 0.15) is 0 Å². The number of alkyl halides is 3. The van der Waals surface area contributed by atoms with Crippen molar-refractivity contribution in [3.05, 3.63) is 65.2 Å². The van der Waals surface area contributed by atoms with Crippen LogP contribution in [0.1, 0.15) is 21.5 Å². The van der Waals surface area contributed by atoms with Crippen LogP contribution in [0.3, 0.4) is 0 Å². The van der Waals surface area contributed by atoms with Gasteiger partial charge in [0, 0.05) is 5.56 Å². The summed E-state index contributed by atoms with van der Waals surface area (Å²) in [5.41, 5.74) is -0.737. The Kier molecular flexibility index (Phi) is 5.28. The Morgan fingerprint density at radius 1 is 1.00 bits per heavy atom. The summed E-state index contributed by atoms with van der Waals surface area (Å²) < 4.78 is 49.1. The van der Waals surface area contributed by atoms with Crippen molar-refractivity contribution in [1.29, 1.82) is 0 Å². The number of halogens is 3. The largest absolute Gasteiger partial charge is 0.493 e. The number of hydrogen-bond acceptors (Lipinski definition) is 3. The van der Waals surface area contributed by atoms with Gasteiger partial charge in [0.25, 0.3) is 0 Å². The number of ketones is 1. The van der Waals surface area contributed by atoms with E-state index in [4.69, 9.17) is 9.47 Å². The van der Waals surface area contributed by atoms with Crippen LogP contribution >= 0.6 is 0 Å². The molecular weight excluding hydrogens is 321 g/mol. The third kappa shape index (κ3) is 3.95. The molecule has 0 N–H and O–H groups in total. The summed E-state index contributed by atoms with van der Waals surface area (Å²) >= 11 is 0. The molecule has 0 atom stereocenters. The maximum atomic E-state index is 12.9. The number of hydrogen-bond donors (Lipinski definition) is 0. The van der Waals surface area contributed by atoms with Crippen LogP contribution < -0.4 is 9.47 Å². The predicted octanol–water partition coefficient (Wildman–Crippen LogP) is 4.62. The first-order valence-corrected chi connectivity index (χ1v) is 6.97. The van der Waals surface area contributed by atoms with Gasteiger partial charge in [-0.05, 0) is 29.8 Å². The number of carbonyl (C=O) groups excluding carboxylic acids is 1. The van der Waals surface area contributed by atoms with E-state index < -0.39 is 17.5 Å². The SMILES string of the molecule is COc1ccc(/C=C/C(=O)c2ccccc2C(F)(F)F)cc1OC. The maximum Gasteiger partial charge on any atom is 0.417 e. The first-order valence-electron chi connectivity index (χ1n) is 6.97. The smallest absolute Gasteiger partial charge is 0.417 e. The van der Waals surface area contributed by atoms with E-state index in [1.54, 1.807) is 18.2 Å². The molecule has 24 heavy (non-hydrogen) atoms. The topological polar surface area (TPSA) is 35.5 Å². The quantitative estimate of drug-likeness (QED) is 0.590. The minimum atomic E-state index is -4.58. The van der Waals surface area contributed by atoms with Crippen LogP contribution in [0.15, 0.2) is 48.5 Å². The van der Waals surface area contributed by atoms with Gasteiger partial charge in [-0.15, -0.1) is 0 Å². The lowest BCUT2D eigenvalue weighted by Gasteiger charge is -2.10. The molecule has 0 radical (unpaired) electrons. The molecule has 126 valence electrons. The molecule has 0 amide bonds. The van der Waals surface area contributed by atoms with E-state index in [2.05, 4.69) is 0 Å². The van der Waals surface area contributed by atoms with E-state index in [-0.39, 0.29) is 5.56 Å². The van der Waals surface area contributed by atoms with Gasteiger partial charge in [-0.3, -0.25) is 4.79 Å². The van der Waals surface area contributed by atoms with Crippen LogP contribution in [0.4, 0.5) is 13.2 Å². The monoisotopic (exact) mass is 336 g/mol. The summed E-state index contributed by atoms with van der Waals surface area (Å²) in [6.07, 6.45) is -2.05. The van der Waals surface area contributed by atoms with Gasteiger partial charge in [0.2, 0.25) is 0 Å². The molecule has 2 aromatic carbocycles. The number of allylic oxidation sites excluding steroid dienone is 1. The first-order chi connectivity index (χ1) is 11.4. The van der Waals surface area contributed by atoms with Crippen LogP contribution in [0.5, 0.6) is 11.5 Å². The molecule has 0 spiro atoms. The van der Waals surface area contributed by atoms with Crippen LogP contribution in [-0.2, 0) is 6.18 Å². The molecule has 0 bridgehead atoms. The molecular formula is C18H15F3O3. The van der Waals surface area contributed by atoms with Crippen molar-refractivity contribution >= 4 is 11.9 Å². The van der Waals surface area contributed by atoms with Crippen LogP contribution in [-0.4, -0.2) is 20.0 Å². The van der Waals surface area contributed by atoms with E-state index in [1.165, 1.54) is 32.4 Å². The normalized spacial score (nSPS) is 11.5. The van der Waals surface area contributed by atoms with Gasteiger partial charge in [-0.1, -0.05) is 30.3 Å². The molecule has 0 aliphatic rings. The highest BCUT2D eigenvalue weighted by atomic mass is 19.4. The van der Waals surface area contributed by atoms with E-state index in [0.717, 1.165) is 18.2 Å². The lowest BCUT2D eigenvalue weighted by molar-refractivity contribution is -0.137. The Hall–Kier alpha value is -2.76. The van der Waals surface area contributed by atoms with Gasteiger partial charge in [0.05, 0.1) is 19.8 Å². The minimum Gasteiger partial charge on any atom is -0.493 e. The van der Waals surface area contributed by atoms with E-state index >= 15 is 0 Å². The van der Waals surface area contributed by atoms with Gasteiger partial charge in [-0.25, -0.2) is 0 Å². The molecule has 0 aromatic heterocycles. The summed E-state index contributed by atoms with van der Waals surface area (Å²) in [6, 6.07) is 9.62. The molecule has 3 nitrogen and oxygen atoms in total. The standard InChI is InChI=1S/C18H15F3O3/c1-23-16-10-8-12(11-17(16)24-2)7-9-15(22)13-5-3-4-6-14(13)18(19,20)21/h3-11H,1-2H3/b9-7+. The summed E-state index contributed by atoms with van der Waals surface area (Å²) in [5.74, 6) is 0.254. The van der Waals surface area contributed by atoms with Crippen molar-refractivity contribution in [3.63, 3.8) is 0 Å².